The Morgan fingerprint density at radius 1 is 1.20 bits per heavy atom. The highest BCUT2D eigenvalue weighted by Crippen LogP contribution is 2.36. The number of rotatable bonds is 3. The van der Waals surface area contributed by atoms with Crippen molar-refractivity contribution in [2.75, 3.05) is 0 Å². The summed E-state index contributed by atoms with van der Waals surface area (Å²) in [7, 11) is 0. The molecule has 1 aliphatic rings. The monoisotopic (exact) mass is 203 g/mol. The number of benzene rings is 1. The molecule has 0 heterocycles. The summed E-state index contributed by atoms with van der Waals surface area (Å²) < 4.78 is 0. The van der Waals surface area contributed by atoms with Gasteiger partial charge in [-0.25, -0.2) is 0 Å². The first-order valence-corrected chi connectivity index (χ1v) is 5.55. The molecule has 0 bridgehead atoms. The standard InChI is InChI=1S/C13H16O2/c14-13(15)12(11-8-4-5-9-11)10-6-2-1-3-7-10/h1-3,6-7,11-12H,4-5,8-9H2,(H,14,15)/p-1. The molecule has 0 aromatic heterocycles. The van der Waals surface area contributed by atoms with Gasteiger partial charge in [0.05, 0.1) is 0 Å². The molecule has 1 saturated carbocycles. The minimum Gasteiger partial charge on any atom is -0.549 e. The van der Waals surface area contributed by atoms with E-state index in [2.05, 4.69) is 0 Å². The molecule has 0 saturated heterocycles. The predicted molar refractivity (Wildman–Crippen MR) is 56.1 cm³/mol. The topological polar surface area (TPSA) is 40.1 Å². The lowest BCUT2D eigenvalue weighted by molar-refractivity contribution is -0.309. The Hall–Kier alpha value is -1.31. The van der Waals surface area contributed by atoms with Crippen molar-refractivity contribution in [3.8, 4) is 0 Å². The number of carboxylic acid groups (broad SMARTS) is 1. The number of carbonyl (C=O) groups excluding carboxylic acids is 1. The summed E-state index contributed by atoms with van der Waals surface area (Å²) >= 11 is 0. The number of carbonyl (C=O) groups is 1. The molecular weight excluding hydrogens is 188 g/mol. The van der Waals surface area contributed by atoms with E-state index in [4.69, 9.17) is 0 Å². The van der Waals surface area contributed by atoms with Crippen LogP contribution in [-0.4, -0.2) is 5.97 Å². The number of carboxylic acids is 1. The van der Waals surface area contributed by atoms with Gasteiger partial charge in [0.2, 0.25) is 0 Å². The molecule has 0 radical (unpaired) electrons. The van der Waals surface area contributed by atoms with Crippen LogP contribution in [-0.2, 0) is 4.79 Å². The SMILES string of the molecule is O=C([O-])C(c1ccccc1)C1CCCC1. The van der Waals surface area contributed by atoms with Crippen LogP contribution in [0.5, 0.6) is 0 Å². The van der Waals surface area contributed by atoms with Crippen LogP contribution in [0, 0.1) is 5.92 Å². The smallest absolute Gasteiger partial charge is 0.0492 e. The fourth-order valence-electron chi connectivity index (χ4n) is 2.55. The summed E-state index contributed by atoms with van der Waals surface area (Å²) in [5, 5.41) is 11.2. The van der Waals surface area contributed by atoms with E-state index in [0.717, 1.165) is 31.2 Å². The largest absolute Gasteiger partial charge is 0.549 e. The van der Waals surface area contributed by atoms with E-state index in [9.17, 15) is 9.90 Å². The highest BCUT2D eigenvalue weighted by atomic mass is 16.4. The average molecular weight is 203 g/mol. The van der Waals surface area contributed by atoms with E-state index in [0.29, 0.717) is 0 Å². The zero-order valence-corrected chi connectivity index (χ0v) is 8.69. The second-order valence-electron chi connectivity index (χ2n) is 4.25. The normalized spacial score (nSPS) is 18.9. The van der Waals surface area contributed by atoms with E-state index in [-0.39, 0.29) is 5.92 Å². The Bertz CT molecular complexity index is 326. The van der Waals surface area contributed by atoms with Crippen molar-refractivity contribution in [2.24, 2.45) is 5.92 Å². The molecule has 1 aromatic carbocycles. The molecule has 1 aliphatic carbocycles. The first kappa shape index (κ1) is 10.2. The summed E-state index contributed by atoms with van der Waals surface area (Å²) in [6.45, 7) is 0. The van der Waals surface area contributed by atoms with Crippen LogP contribution in [0.15, 0.2) is 30.3 Å². The zero-order valence-electron chi connectivity index (χ0n) is 8.69. The maximum Gasteiger partial charge on any atom is 0.0492 e. The lowest BCUT2D eigenvalue weighted by atomic mass is 9.85. The summed E-state index contributed by atoms with van der Waals surface area (Å²) in [6.07, 6.45) is 4.35. The summed E-state index contributed by atoms with van der Waals surface area (Å²) in [5.41, 5.74) is 0.893. The maximum absolute atomic E-state index is 11.2. The van der Waals surface area contributed by atoms with Gasteiger partial charge in [-0.3, -0.25) is 0 Å². The quantitative estimate of drug-likeness (QED) is 0.750. The van der Waals surface area contributed by atoms with Gasteiger partial charge in [0.1, 0.15) is 0 Å². The van der Waals surface area contributed by atoms with Gasteiger partial charge in [0.15, 0.2) is 0 Å². The molecule has 1 unspecified atom stereocenters. The lowest BCUT2D eigenvalue weighted by Crippen LogP contribution is -2.33. The molecular formula is C13H15O2-. The van der Waals surface area contributed by atoms with Crippen LogP contribution in [0.4, 0.5) is 0 Å². The molecule has 15 heavy (non-hydrogen) atoms. The van der Waals surface area contributed by atoms with Crippen LogP contribution < -0.4 is 5.11 Å². The molecule has 0 amide bonds. The van der Waals surface area contributed by atoms with E-state index in [1.165, 1.54) is 0 Å². The third kappa shape index (κ3) is 2.20. The summed E-state index contributed by atoms with van der Waals surface area (Å²) in [6, 6.07) is 9.46. The molecule has 2 heteroatoms. The van der Waals surface area contributed by atoms with Crippen LogP contribution in [0.3, 0.4) is 0 Å². The molecule has 1 fully saturated rings. The Morgan fingerprint density at radius 2 is 1.80 bits per heavy atom. The number of hydrogen-bond acceptors (Lipinski definition) is 2. The van der Waals surface area contributed by atoms with E-state index >= 15 is 0 Å². The van der Waals surface area contributed by atoms with E-state index < -0.39 is 11.9 Å². The van der Waals surface area contributed by atoms with Crippen LogP contribution in [0.1, 0.15) is 37.2 Å². The molecule has 2 rings (SSSR count). The predicted octanol–water partition coefficient (Wildman–Crippen LogP) is 1.71. The second-order valence-corrected chi connectivity index (χ2v) is 4.25. The van der Waals surface area contributed by atoms with Crippen molar-refractivity contribution >= 4 is 5.97 Å². The van der Waals surface area contributed by atoms with E-state index in [1.807, 2.05) is 30.3 Å². The van der Waals surface area contributed by atoms with Crippen molar-refractivity contribution < 1.29 is 9.90 Å². The van der Waals surface area contributed by atoms with Gasteiger partial charge in [-0.15, -0.1) is 0 Å². The first-order valence-electron chi connectivity index (χ1n) is 5.55. The van der Waals surface area contributed by atoms with Gasteiger partial charge in [0, 0.05) is 11.9 Å². The Kier molecular flexibility index (Phi) is 3.05. The molecule has 2 nitrogen and oxygen atoms in total. The van der Waals surface area contributed by atoms with Gasteiger partial charge in [-0.1, -0.05) is 43.2 Å². The highest BCUT2D eigenvalue weighted by Gasteiger charge is 2.26. The van der Waals surface area contributed by atoms with Gasteiger partial charge >= 0.3 is 0 Å². The zero-order chi connectivity index (χ0) is 10.7. The third-order valence-electron chi connectivity index (χ3n) is 3.28. The Labute approximate surface area is 89.9 Å². The Balaban J connectivity index is 2.23. The molecule has 80 valence electrons. The van der Waals surface area contributed by atoms with Gasteiger partial charge in [-0.05, 0) is 24.3 Å². The summed E-state index contributed by atoms with van der Waals surface area (Å²) in [4.78, 5) is 11.2. The van der Waals surface area contributed by atoms with Crippen molar-refractivity contribution in [3.05, 3.63) is 35.9 Å². The summed E-state index contributed by atoms with van der Waals surface area (Å²) in [5.74, 6) is -1.06. The highest BCUT2D eigenvalue weighted by molar-refractivity contribution is 5.74. The van der Waals surface area contributed by atoms with Crippen molar-refractivity contribution in [2.45, 2.75) is 31.6 Å². The molecule has 0 spiro atoms. The fourth-order valence-corrected chi connectivity index (χ4v) is 2.55. The number of aliphatic carboxylic acids is 1. The van der Waals surface area contributed by atoms with Crippen LogP contribution >= 0.6 is 0 Å². The molecule has 1 aromatic rings. The molecule has 0 N–H and O–H groups in total. The fraction of sp³-hybridized carbons (Fsp3) is 0.462. The molecule has 0 aliphatic heterocycles. The maximum atomic E-state index is 11.2. The third-order valence-corrected chi connectivity index (χ3v) is 3.28. The van der Waals surface area contributed by atoms with Crippen molar-refractivity contribution in [1.82, 2.24) is 0 Å². The average Bonchev–Trinajstić information content (AvgIpc) is 2.72. The number of hydrogen-bond donors (Lipinski definition) is 0. The van der Waals surface area contributed by atoms with Crippen LogP contribution in [0.2, 0.25) is 0 Å². The lowest BCUT2D eigenvalue weighted by Gasteiger charge is -2.24. The Morgan fingerprint density at radius 3 is 2.33 bits per heavy atom. The van der Waals surface area contributed by atoms with Gasteiger partial charge in [-0.2, -0.15) is 0 Å². The van der Waals surface area contributed by atoms with Crippen LogP contribution in [0.25, 0.3) is 0 Å². The second kappa shape index (κ2) is 4.47. The minimum absolute atomic E-state index is 0.275. The van der Waals surface area contributed by atoms with Gasteiger partial charge < -0.3 is 9.90 Å². The minimum atomic E-state index is -0.923. The van der Waals surface area contributed by atoms with E-state index in [1.54, 1.807) is 0 Å². The van der Waals surface area contributed by atoms with Crippen molar-refractivity contribution in [3.63, 3.8) is 0 Å². The van der Waals surface area contributed by atoms with Gasteiger partial charge in [0.25, 0.3) is 0 Å². The first-order chi connectivity index (χ1) is 7.29. The molecule has 1 atom stereocenters. The van der Waals surface area contributed by atoms with Crippen molar-refractivity contribution in [1.29, 1.82) is 0 Å².